The molecule has 3 rings (SSSR count). The average molecular weight is 467 g/mol. The fraction of sp³-hybridized carbons (Fsp3) is 0.333. The first-order valence-electron chi connectivity index (χ1n) is 7.66. The molecular formula is C18H16BrCl3O3. The Kier molecular flexibility index (Phi) is 6.19. The molecule has 25 heavy (non-hydrogen) atoms. The van der Waals surface area contributed by atoms with Gasteiger partial charge in [0, 0.05) is 10.6 Å². The molecule has 1 aliphatic heterocycles. The molecule has 2 atom stereocenters. The highest BCUT2D eigenvalue weighted by molar-refractivity contribution is 9.09. The SMILES string of the molecule is Cc1cccc(Cl)c1OCC1COC(CBr)(c2ccc(Cl)cc2Cl)O1. The molecule has 3 nitrogen and oxygen atoms in total. The second-order valence-corrected chi connectivity index (χ2v) is 7.57. The van der Waals surface area contributed by atoms with E-state index in [1.807, 2.05) is 25.1 Å². The summed E-state index contributed by atoms with van der Waals surface area (Å²) in [6, 6.07) is 10.9. The predicted octanol–water partition coefficient (Wildman–Crippen LogP) is 6.00. The maximum atomic E-state index is 6.33. The van der Waals surface area contributed by atoms with E-state index in [-0.39, 0.29) is 6.10 Å². The summed E-state index contributed by atoms with van der Waals surface area (Å²) in [7, 11) is 0. The molecule has 2 aromatic rings. The van der Waals surface area contributed by atoms with Crippen LogP contribution in [0.15, 0.2) is 36.4 Å². The fourth-order valence-electron chi connectivity index (χ4n) is 2.70. The van der Waals surface area contributed by atoms with Gasteiger partial charge in [-0.15, -0.1) is 0 Å². The van der Waals surface area contributed by atoms with Crippen molar-refractivity contribution in [1.29, 1.82) is 0 Å². The predicted molar refractivity (Wildman–Crippen MR) is 104 cm³/mol. The number of benzene rings is 2. The van der Waals surface area contributed by atoms with E-state index in [0.717, 1.165) is 11.1 Å². The van der Waals surface area contributed by atoms with Gasteiger partial charge in [-0.3, -0.25) is 0 Å². The van der Waals surface area contributed by atoms with Gasteiger partial charge in [0.1, 0.15) is 18.5 Å². The Morgan fingerprint density at radius 1 is 1.20 bits per heavy atom. The lowest BCUT2D eigenvalue weighted by Crippen LogP contribution is -2.31. The third kappa shape index (κ3) is 4.10. The van der Waals surface area contributed by atoms with Gasteiger partial charge in [-0.2, -0.15) is 0 Å². The van der Waals surface area contributed by atoms with Crippen LogP contribution in [0.1, 0.15) is 11.1 Å². The van der Waals surface area contributed by atoms with Gasteiger partial charge < -0.3 is 14.2 Å². The van der Waals surface area contributed by atoms with Crippen LogP contribution < -0.4 is 4.74 Å². The van der Waals surface area contributed by atoms with E-state index in [4.69, 9.17) is 49.0 Å². The van der Waals surface area contributed by atoms with E-state index in [1.54, 1.807) is 18.2 Å². The van der Waals surface area contributed by atoms with Crippen LogP contribution in [0.4, 0.5) is 0 Å². The number of ether oxygens (including phenoxy) is 3. The van der Waals surface area contributed by atoms with E-state index in [0.29, 0.717) is 39.4 Å². The Balaban J connectivity index is 1.73. The van der Waals surface area contributed by atoms with Gasteiger partial charge >= 0.3 is 0 Å². The van der Waals surface area contributed by atoms with E-state index in [1.165, 1.54) is 0 Å². The largest absolute Gasteiger partial charge is 0.489 e. The molecule has 2 unspecified atom stereocenters. The minimum Gasteiger partial charge on any atom is -0.489 e. The van der Waals surface area contributed by atoms with Crippen LogP contribution in [0.3, 0.4) is 0 Å². The summed E-state index contributed by atoms with van der Waals surface area (Å²) in [4.78, 5) is 0. The van der Waals surface area contributed by atoms with Gasteiger partial charge in [0.15, 0.2) is 0 Å². The summed E-state index contributed by atoms with van der Waals surface area (Å²) >= 11 is 22.0. The number of para-hydroxylation sites is 1. The summed E-state index contributed by atoms with van der Waals surface area (Å²) in [5.74, 6) is -0.306. The zero-order chi connectivity index (χ0) is 18.0. The quantitative estimate of drug-likeness (QED) is 0.506. The van der Waals surface area contributed by atoms with Crippen molar-refractivity contribution in [3.05, 3.63) is 62.6 Å². The lowest BCUT2D eigenvalue weighted by molar-refractivity contribution is -0.159. The monoisotopic (exact) mass is 464 g/mol. The van der Waals surface area contributed by atoms with Gasteiger partial charge in [-0.05, 0) is 30.7 Å². The first-order valence-corrected chi connectivity index (χ1v) is 9.92. The van der Waals surface area contributed by atoms with Crippen LogP contribution in [0, 0.1) is 6.92 Å². The highest BCUT2D eigenvalue weighted by Crippen LogP contribution is 2.40. The van der Waals surface area contributed by atoms with Crippen molar-refractivity contribution in [2.45, 2.75) is 18.8 Å². The Labute approximate surface area is 170 Å². The van der Waals surface area contributed by atoms with Crippen LogP contribution in [-0.4, -0.2) is 24.6 Å². The number of alkyl halides is 1. The molecule has 1 saturated heterocycles. The highest BCUT2D eigenvalue weighted by atomic mass is 79.9. The molecular weight excluding hydrogens is 450 g/mol. The molecule has 1 fully saturated rings. The molecule has 0 aromatic heterocycles. The van der Waals surface area contributed by atoms with Crippen molar-refractivity contribution >= 4 is 50.7 Å². The van der Waals surface area contributed by atoms with Gasteiger partial charge in [0.05, 0.1) is 22.0 Å². The number of hydrogen-bond acceptors (Lipinski definition) is 3. The molecule has 0 bridgehead atoms. The van der Waals surface area contributed by atoms with Crippen molar-refractivity contribution in [3.63, 3.8) is 0 Å². The van der Waals surface area contributed by atoms with Gasteiger partial charge in [0.2, 0.25) is 5.79 Å². The lowest BCUT2D eigenvalue weighted by Gasteiger charge is -2.27. The van der Waals surface area contributed by atoms with Crippen molar-refractivity contribution < 1.29 is 14.2 Å². The highest BCUT2D eigenvalue weighted by Gasteiger charge is 2.44. The molecule has 2 aromatic carbocycles. The molecule has 1 aliphatic rings. The maximum absolute atomic E-state index is 6.33. The fourth-order valence-corrected chi connectivity index (χ4v) is 4.13. The molecule has 1 heterocycles. The molecule has 0 radical (unpaired) electrons. The topological polar surface area (TPSA) is 27.7 Å². The first kappa shape index (κ1) is 19.3. The number of hydrogen-bond donors (Lipinski definition) is 0. The lowest BCUT2D eigenvalue weighted by atomic mass is 10.1. The average Bonchev–Trinajstić information content (AvgIpc) is 2.99. The Morgan fingerprint density at radius 3 is 2.68 bits per heavy atom. The van der Waals surface area contributed by atoms with Crippen LogP contribution in [-0.2, 0) is 15.3 Å². The summed E-state index contributed by atoms with van der Waals surface area (Å²) in [5, 5.41) is 2.07. The number of halogens is 4. The van der Waals surface area contributed by atoms with E-state index in [2.05, 4.69) is 15.9 Å². The Bertz CT molecular complexity index is 751. The molecule has 134 valence electrons. The summed E-state index contributed by atoms with van der Waals surface area (Å²) in [5.41, 5.74) is 1.70. The maximum Gasteiger partial charge on any atom is 0.206 e. The van der Waals surface area contributed by atoms with Crippen LogP contribution in [0.2, 0.25) is 15.1 Å². The standard InChI is InChI=1S/C18H16BrCl3O3/c1-11-3-2-4-15(21)17(11)23-8-13-9-24-18(10-19,25-13)14-6-5-12(20)7-16(14)22/h2-7,13H,8-10H2,1H3. The second-order valence-electron chi connectivity index (χ2n) is 5.76. The van der Waals surface area contributed by atoms with Crippen molar-refractivity contribution in [3.8, 4) is 5.75 Å². The zero-order valence-electron chi connectivity index (χ0n) is 13.4. The van der Waals surface area contributed by atoms with E-state index < -0.39 is 5.79 Å². The van der Waals surface area contributed by atoms with Crippen LogP contribution in [0.5, 0.6) is 5.75 Å². The minimum absolute atomic E-state index is 0.250. The summed E-state index contributed by atoms with van der Waals surface area (Å²) in [6.07, 6.45) is -0.250. The minimum atomic E-state index is -0.967. The molecule has 0 amide bonds. The van der Waals surface area contributed by atoms with Crippen molar-refractivity contribution in [1.82, 2.24) is 0 Å². The summed E-state index contributed by atoms with van der Waals surface area (Å²) < 4.78 is 18.0. The number of rotatable bonds is 5. The van der Waals surface area contributed by atoms with Gasteiger partial charge in [-0.1, -0.05) is 68.9 Å². The molecule has 7 heteroatoms. The van der Waals surface area contributed by atoms with Crippen LogP contribution in [0.25, 0.3) is 0 Å². The third-order valence-electron chi connectivity index (χ3n) is 3.95. The van der Waals surface area contributed by atoms with Gasteiger partial charge in [0.25, 0.3) is 0 Å². The zero-order valence-corrected chi connectivity index (χ0v) is 17.3. The third-order valence-corrected chi connectivity index (χ3v) is 5.54. The van der Waals surface area contributed by atoms with Crippen LogP contribution >= 0.6 is 50.7 Å². The van der Waals surface area contributed by atoms with Crippen molar-refractivity contribution in [2.24, 2.45) is 0 Å². The smallest absolute Gasteiger partial charge is 0.206 e. The molecule has 0 spiro atoms. The Hall–Kier alpha value is -0.490. The normalized spacial score (nSPS) is 23.0. The molecule has 0 aliphatic carbocycles. The second kappa shape index (κ2) is 8.03. The number of aryl methyl sites for hydroxylation is 1. The molecule has 0 N–H and O–H groups in total. The first-order chi connectivity index (χ1) is 11.9. The Morgan fingerprint density at radius 2 is 2.00 bits per heavy atom. The van der Waals surface area contributed by atoms with Crippen molar-refractivity contribution in [2.75, 3.05) is 18.5 Å². The van der Waals surface area contributed by atoms with Gasteiger partial charge in [-0.25, -0.2) is 0 Å². The molecule has 0 saturated carbocycles. The summed E-state index contributed by atoms with van der Waals surface area (Å²) in [6.45, 7) is 2.65. The van der Waals surface area contributed by atoms with E-state index in [9.17, 15) is 0 Å². The van der Waals surface area contributed by atoms with E-state index >= 15 is 0 Å².